The number of rotatable bonds is 3. The Morgan fingerprint density at radius 3 is 2.68 bits per heavy atom. The zero-order chi connectivity index (χ0) is 15.7. The number of nitrogens with one attached hydrogen (secondary N) is 1. The Hall–Kier alpha value is -2.41. The quantitative estimate of drug-likeness (QED) is 0.795. The Balaban J connectivity index is 1.80. The van der Waals surface area contributed by atoms with Gasteiger partial charge in [-0.1, -0.05) is 29.5 Å². The van der Waals surface area contributed by atoms with E-state index in [-0.39, 0.29) is 22.6 Å². The first kappa shape index (κ1) is 14.5. The molecule has 0 spiro atoms. The van der Waals surface area contributed by atoms with Gasteiger partial charge in [0, 0.05) is 6.07 Å². The van der Waals surface area contributed by atoms with E-state index in [9.17, 15) is 18.0 Å². The maximum Gasteiger partial charge on any atom is 0.230 e. The predicted octanol–water partition coefficient (Wildman–Crippen LogP) is 3.89. The Kier molecular flexibility index (Phi) is 3.81. The highest BCUT2D eigenvalue weighted by atomic mass is 32.1. The summed E-state index contributed by atoms with van der Waals surface area (Å²) in [5.74, 6) is -2.46. The average Bonchev–Trinajstić information content (AvgIpc) is 2.84. The second-order valence-corrected chi connectivity index (χ2v) is 5.60. The van der Waals surface area contributed by atoms with Crippen LogP contribution in [0.15, 0.2) is 36.4 Å². The Bertz CT molecular complexity index is 863. The van der Waals surface area contributed by atoms with Crippen LogP contribution in [0.2, 0.25) is 0 Å². The molecule has 3 nitrogen and oxygen atoms in total. The Labute approximate surface area is 127 Å². The fourth-order valence-electron chi connectivity index (χ4n) is 1.99. The highest BCUT2D eigenvalue weighted by Crippen LogP contribution is 2.28. The molecule has 22 heavy (non-hydrogen) atoms. The van der Waals surface area contributed by atoms with Crippen LogP contribution in [0.3, 0.4) is 0 Å². The van der Waals surface area contributed by atoms with Crippen LogP contribution >= 0.6 is 11.3 Å². The van der Waals surface area contributed by atoms with E-state index in [1.807, 2.05) is 0 Å². The molecule has 0 aliphatic heterocycles. The summed E-state index contributed by atoms with van der Waals surface area (Å²) in [6.07, 6.45) is -0.167. The van der Waals surface area contributed by atoms with Gasteiger partial charge in [-0.15, -0.1) is 0 Å². The van der Waals surface area contributed by atoms with Crippen LogP contribution in [0.5, 0.6) is 0 Å². The van der Waals surface area contributed by atoms with Crippen molar-refractivity contribution in [3.63, 3.8) is 0 Å². The first-order valence-corrected chi connectivity index (χ1v) is 7.13. The van der Waals surface area contributed by atoms with Gasteiger partial charge >= 0.3 is 0 Å². The predicted molar refractivity (Wildman–Crippen MR) is 78.3 cm³/mol. The van der Waals surface area contributed by atoms with E-state index in [1.54, 1.807) is 6.07 Å². The largest absolute Gasteiger partial charge is 0.302 e. The maximum atomic E-state index is 13.5. The number of hydrogen-bond donors (Lipinski definition) is 1. The molecule has 3 aromatic rings. The molecule has 1 heterocycles. The SMILES string of the molecule is O=C(Cc1ccccc1F)Nc1nc2c(F)cc(F)cc2s1. The van der Waals surface area contributed by atoms with Crippen LogP contribution in [0.1, 0.15) is 5.56 Å². The summed E-state index contributed by atoms with van der Waals surface area (Å²) in [4.78, 5) is 15.8. The number of anilines is 1. The first-order valence-electron chi connectivity index (χ1n) is 6.32. The third-order valence-electron chi connectivity index (χ3n) is 2.97. The summed E-state index contributed by atoms with van der Waals surface area (Å²) in [6.45, 7) is 0. The summed E-state index contributed by atoms with van der Waals surface area (Å²) in [7, 11) is 0. The van der Waals surface area contributed by atoms with Crippen molar-refractivity contribution in [1.29, 1.82) is 0 Å². The topological polar surface area (TPSA) is 42.0 Å². The van der Waals surface area contributed by atoms with Crippen molar-refractivity contribution in [1.82, 2.24) is 4.98 Å². The molecule has 0 aliphatic carbocycles. The molecule has 0 bridgehead atoms. The molecule has 0 fully saturated rings. The van der Waals surface area contributed by atoms with Crippen LogP contribution in [0.25, 0.3) is 10.2 Å². The summed E-state index contributed by atoms with van der Waals surface area (Å²) >= 11 is 0.952. The molecule has 1 aromatic heterocycles. The van der Waals surface area contributed by atoms with Crippen molar-refractivity contribution in [3.8, 4) is 0 Å². The molecule has 7 heteroatoms. The average molecular weight is 322 g/mol. The number of amides is 1. The molecule has 0 saturated carbocycles. The van der Waals surface area contributed by atoms with Crippen molar-refractivity contribution in [2.24, 2.45) is 0 Å². The van der Waals surface area contributed by atoms with Gasteiger partial charge < -0.3 is 5.32 Å². The number of thiazole rings is 1. The molecule has 0 saturated heterocycles. The molecule has 0 unspecified atom stereocenters. The van der Waals surface area contributed by atoms with E-state index in [2.05, 4.69) is 10.3 Å². The highest BCUT2D eigenvalue weighted by molar-refractivity contribution is 7.22. The van der Waals surface area contributed by atoms with E-state index in [1.165, 1.54) is 18.2 Å². The smallest absolute Gasteiger partial charge is 0.230 e. The molecule has 0 radical (unpaired) electrons. The zero-order valence-electron chi connectivity index (χ0n) is 11.1. The minimum Gasteiger partial charge on any atom is -0.302 e. The van der Waals surface area contributed by atoms with Gasteiger partial charge in [-0.3, -0.25) is 4.79 Å². The number of hydrogen-bond acceptors (Lipinski definition) is 3. The van der Waals surface area contributed by atoms with Crippen LogP contribution in [0.4, 0.5) is 18.3 Å². The number of fused-ring (bicyclic) bond motifs is 1. The summed E-state index contributed by atoms with van der Waals surface area (Å²) in [5, 5.41) is 2.61. The van der Waals surface area contributed by atoms with Gasteiger partial charge in [0.1, 0.15) is 17.2 Å². The molecule has 112 valence electrons. The lowest BCUT2D eigenvalue weighted by Gasteiger charge is -2.02. The van der Waals surface area contributed by atoms with Crippen molar-refractivity contribution in [3.05, 3.63) is 59.4 Å². The van der Waals surface area contributed by atoms with E-state index in [0.717, 1.165) is 23.5 Å². The van der Waals surface area contributed by atoms with E-state index in [0.29, 0.717) is 4.70 Å². The number of carbonyl (C=O) groups is 1. The molecular formula is C15H9F3N2OS. The lowest BCUT2D eigenvalue weighted by Crippen LogP contribution is -2.14. The van der Waals surface area contributed by atoms with Crippen LogP contribution in [0, 0.1) is 17.5 Å². The third kappa shape index (κ3) is 2.94. The van der Waals surface area contributed by atoms with Gasteiger partial charge in [0.2, 0.25) is 5.91 Å². The number of benzene rings is 2. The minimum absolute atomic E-state index is 0.00686. The highest BCUT2D eigenvalue weighted by Gasteiger charge is 2.13. The van der Waals surface area contributed by atoms with E-state index in [4.69, 9.17) is 0 Å². The second kappa shape index (κ2) is 5.76. The Morgan fingerprint density at radius 2 is 1.91 bits per heavy atom. The second-order valence-electron chi connectivity index (χ2n) is 4.57. The van der Waals surface area contributed by atoms with Crippen molar-refractivity contribution in [2.75, 3.05) is 5.32 Å². The van der Waals surface area contributed by atoms with Crippen molar-refractivity contribution < 1.29 is 18.0 Å². The van der Waals surface area contributed by atoms with Gasteiger partial charge in [-0.2, -0.15) is 0 Å². The standard InChI is InChI=1S/C15H9F3N2OS/c16-9-6-11(18)14-12(7-9)22-15(20-14)19-13(21)5-8-3-1-2-4-10(8)17/h1-4,6-7H,5H2,(H,19,20,21). The van der Waals surface area contributed by atoms with Crippen molar-refractivity contribution >= 4 is 32.6 Å². The molecule has 0 atom stereocenters. The van der Waals surface area contributed by atoms with Gasteiger partial charge in [0.25, 0.3) is 0 Å². The number of carbonyl (C=O) groups excluding carboxylic acids is 1. The van der Waals surface area contributed by atoms with Gasteiger partial charge in [-0.05, 0) is 17.7 Å². The number of aromatic nitrogens is 1. The van der Waals surface area contributed by atoms with Gasteiger partial charge in [0.05, 0.1) is 11.1 Å². The monoisotopic (exact) mass is 322 g/mol. The summed E-state index contributed by atoms with van der Waals surface area (Å²) in [5.41, 5.74) is 0.242. The molecule has 1 amide bonds. The third-order valence-corrected chi connectivity index (χ3v) is 3.89. The maximum absolute atomic E-state index is 13.5. The fraction of sp³-hybridized carbons (Fsp3) is 0.0667. The number of halogens is 3. The first-order chi connectivity index (χ1) is 10.5. The summed E-state index contributed by atoms with van der Waals surface area (Å²) < 4.78 is 40.4. The van der Waals surface area contributed by atoms with Crippen LogP contribution in [-0.2, 0) is 11.2 Å². The number of nitrogens with zero attached hydrogens (tertiary/aromatic N) is 1. The zero-order valence-corrected chi connectivity index (χ0v) is 11.9. The van der Waals surface area contributed by atoms with Gasteiger partial charge in [0.15, 0.2) is 10.9 Å². The molecule has 0 aliphatic rings. The normalized spacial score (nSPS) is 10.9. The van der Waals surface area contributed by atoms with Gasteiger partial charge in [-0.25, -0.2) is 18.2 Å². The van der Waals surface area contributed by atoms with Crippen molar-refractivity contribution in [2.45, 2.75) is 6.42 Å². The molecule has 3 rings (SSSR count). The minimum atomic E-state index is -0.791. The lowest BCUT2D eigenvalue weighted by molar-refractivity contribution is -0.115. The van der Waals surface area contributed by atoms with Crippen LogP contribution in [-0.4, -0.2) is 10.9 Å². The Morgan fingerprint density at radius 1 is 1.14 bits per heavy atom. The summed E-state index contributed by atoms with van der Waals surface area (Å²) in [6, 6.07) is 7.79. The molecule has 2 aromatic carbocycles. The molecule has 1 N–H and O–H groups in total. The van der Waals surface area contributed by atoms with E-state index < -0.39 is 23.4 Å². The fourth-order valence-corrected chi connectivity index (χ4v) is 2.91. The van der Waals surface area contributed by atoms with Crippen LogP contribution < -0.4 is 5.32 Å². The lowest BCUT2D eigenvalue weighted by atomic mass is 10.1. The van der Waals surface area contributed by atoms with E-state index >= 15 is 0 Å². The molecular weight excluding hydrogens is 313 g/mol.